The molecule has 0 spiro atoms. The number of halogens is 2. The van der Waals surface area contributed by atoms with Gasteiger partial charge in [0.25, 0.3) is 0 Å². The van der Waals surface area contributed by atoms with E-state index < -0.39 is 5.25 Å². The Kier molecular flexibility index (Phi) is 5.45. The summed E-state index contributed by atoms with van der Waals surface area (Å²) in [5, 5.41) is 12.8. The summed E-state index contributed by atoms with van der Waals surface area (Å²) < 4.78 is 0. The van der Waals surface area contributed by atoms with Crippen molar-refractivity contribution in [3.8, 4) is 10.7 Å². The van der Waals surface area contributed by atoms with Crippen LogP contribution in [0.4, 0.5) is 5.69 Å². The number of anilines is 1. The van der Waals surface area contributed by atoms with Gasteiger partial charge in [-0.05, 0) is 36.6 Å². The normalized spacial score (nSPS) is 12.1. The highest BCUT2D eigenvalue weighted by Gasteiger charge is 2.18. The number of aromatic nitrogens is 3. The highest BCUT2D eigenvalue weighted by Crippen LogP contribution is 2.28. The van der Waals surface area contributed by atoms with E-state index in [2.05, 4.69) is 20.5 Å². The van der Waals surface area contributed by atoms with Crippen molar-refractivity contribution in [1.29, 1.82) is 0 Å². The number of rotatable bonds is 5. The number of nitrogens with zero attached hydrogens (tertiary/aromatic N) is 2. The summed E-state index contributed by atoms with van der Waals surface area (Å²) in [7, 11) is 0. The number of carbonyl (C=O) groups excluding carboxylic acids is 1. The first-order valence-corrected chi connectivity index (χ1v) is 9.43. The molecule has 0 radical (unpaired) electrons. The molecular formula is C15H12Cl2N4OS2. The molecule has 5 nitrogen and oxygen atoms in total. The number of thiophene rings is 1. The molecule has 0 aliphatic heterocycles. The van der Waals surface area contributed by atoms with E-state index in [1.54, 1.807) is 36.5 Å². The molecule has 3 aromatic rings. The van der Waals surface area contributed by atoms with Crippen molar-refractivity contribution in [2.45, 2.75) is 17.3 Å². The Balaban J connectivity index is 1.65. The van der Waals surface area contributed by atoms with E-state index in [-0.39, 0.29) is 5.91 Å². The van der Waals surface area contributed by atoms with Crippen LogP contribution < -0.4 is 5.32 Å². The topological polar surface area (TPSA) is 70.7 Å². The molecular weight excluding hydrogens is 387 g/mol. The molecule has 1 atom stereocenters. The van der Waals surface area contributed by atoms with E-state index in [1.165, 1.54) is 11.8 Å². The van der Waals surface area contributed by atoms with Crippen LogP contribution in [0.1, 0.15) is 6.92 Å². The molecule has 0 saturated heterocycles. The molecule has 2 aromatic heterocycles. The predicted octanol–water partition coefficient (Wildman–Crippen LogP) is 4.96. The molecule has 24 heavy (non-hydrogen) atoms. The molecule has 0 saturated carbocycles. The fourth-order valence-electron chi connectivity index (χ4n) is 1.86. The molecule has 0 aliphatic rings. The summed E-state index contributed by atoms with van der Waals surface area (Å²) in [6.07, 6.45) is 0. The molecule has 0 fully saturated rings. The van der Waals surface area contributed by atoms with Gasteiger partial charge in [-0.25, -0.2) is 4.98 Å². The van der Waals surface area contributed by atoms with Crippen LogP contribution in [0.2, 0.25) is 10.0 Å². The molecule has 0 bridgehead atoms. The van der Waals surface area contributed by atoms with Gasteiger partial charge in [-0.2, -0.15) is 0 Å². The van der Waals surface area contributed by atoms with Crippen LogP contribution in [0, 0.1) is 0 Å². The fraction of sp³-hybridized carbons (Fsp3) is 0.133. The van der Waals surface area contributed by atoms with Crippen LogP contribution in [0.15, 0.2) is 40.9 Å². The molecule has 9 heteroatoms. The Morgan fingerprint density at radius 3 is 2.96 bits per heavy atom. The fourth-order valence-corrected chi connectivity index (χ4v) is 3.59. The van der Waals surface area contributed by atoms with Crippen LogP contribution >= 0.6 is 46.3 Å². The summed E-state index contributed by atoms with van der Waals surface area (Å²) in [6.45, 7) is 1.78. The molecule has 2 heterocycles. The molecule has 1 unspecified atom stereocenters. The average molecular weight is 399 g/mol. The standard InChI is InChI=1S/C15H12Cl2N4OS2/c1-8(14(22)18-11-7-9(16)4-5-10(11)17)24-15-19-13(20-21-15)12-3-2-6-23-12/h2-8H,1H3,(H,18,22)(H,19,20,21). The zero-order chi connectivity index (χ0) is 17.1. The molecule has 2 N–H and O–H groups in total. The number of aromatic amines is 1. The second-order valence-electron chi connectivity index (χ2n) is 4.82. The van der Waals surface area contributed by atoms with Crippen molar-refractivity contribution in [1.82, 2.24) is 15.2 Å². The third kappa shape index (κ3) is 4.10. The van der Waals surface area contributed by atoms with Crippen molar-refractivity contribution in [3.05, 3.63) is 45.8 Å². The van der Waals surface area contributed by atoms with Gasteiger partial charge in [-0.3, -0.25) is 9.89 Å². The first-order valence-electron chi connectivity index (χ1n) is 6.92. The van der Waals surface area contributed by atoms with Gasteiger partial charge in [0, 0.05) is 5.02 Å². The first kappa shape index (κ1) is 17.3. The summed E-state index contributed by atoms with van der Waals surface area (Å²) in [5.41, 5.74) is 0.482. The number of hydrogen-bond donors (Lipinski definition) is 2. The maximum Gasteiger partial charge on any atom is 0.237 e. The summed E-state index contributed by atoms with van der Waals surface area (Å²) in [6, 6.07) is 8.81. The minimum atomic E-state index is -0.396. The van der Waals surface area contributed by atoms with Crippen LogP contribution in [0.5, 0.6) is 0 Å². The van der Waals surface area contributed by atoms with E-state index in [1.807, 2.05) is 17.5 Å². The van der Waals surface area contributed by atoms with Crippen LogP contribution in [0.3, 0.4) is 0 Å². The molecule has 0 aliphatic carbocycles. The smallest absolute Gasteiger partial charge is 0.237 e. The summed E-state index contributed by atoms with van der Waals surface area (Å²) in [4.78, 5) is 17.7. The van der Waals surface area contributed by atoms with Crippen molar-refractivity contribution in [3.63, 3.8) is 0 Å². The maximum atomic E-state index is 12.3. The van der Waals surface area contributed by atoms with Gasteiger partial charge in [0.05, 0.1) is 20.8 Å². The minimum absolute atomic E-state index is 0.202. The van der Waals surface area contributed by atoms with E-state index in [0.29, 0.717) is 26.7 Å². The Bertz CT molecular complexity index is 851. The van der Waals surface area contributed by atoms with Crippen LogP contribution in [-0.2, 0) is 4.79 Å². The lowest BCUT2D eigenvalue weighted by atomic mass is 10.3. The first-order chi connectivity index (χ1) is 11.5. The van der Waals surface area contributed by atoms with Crippen molar-refractivity contribution >= 4 is 57.9 Å². The summed E-state index contributed by atoms with van der Waals surface area (Å²) in [5.74, 6) is 0.490. The zero-order valence-corrected chi connectivity index (χ0v) is 15.6. The van der Waals surface area contributed by atoms with Gasteiger partial charge in [0.1, 0.15) is 0 Å². The van der Waals surface area contributed by atoms with Gasteiger partial charge in [-0.1, -0.05) is 41.0 Å². The number of carbonyl (C=O) groups is 1. The zero-order valence-electron chi connectivity index (χ0n) is 12.4. The van der Waals surface area contributed by atoms with Gasteiger partial charge in [-0.15, -0.1) is 16.4 Å². The van der Waals surface area contributed by atoms with Gasteiger partial charge in [0.15, 0.2) is 5.82 Å². The van der Waals surface area contributed by atoms with Crippen molar-refractivity contribution < 1.29 is 4.79 Å². The van der Waals surface area contributed by atoms with Crippen molar-refractivity contribution in [2.75, 3.05) is 5.32 Å². The van der Waals surface area contributed by atoms with E-state index >= 15 is 0 Å². The van der Waals surface area contributed by atoms with E-state index in [4.69, 9.17) is 23.2 Å². The lowest BCUT2D eigenvalue weighted by Gasteiger charge is -2.11. The third-order valence-corrected chi connectivity index (χ3v) is 5.46. The van der Waals surface area contributed by atoms with Crippen molar-refractivity contribution in [2.24, 2.45) is 0 Å². The molecule has 124 valence electrons. The third-order valence-electron chi connectivity index (χ3n) is 3.06. The monoisotopic (exact) mass is 398 g/mol. The van der Waals surface area contributed by atoms with E-state index in [9.17, 15) is 4.79 Å². The number of thioether (sulfide) groups is 1. The largest absolute Gasteiger partial charge is 0.324 e. The van der Waals surface area contributed by atoms with Crippen LogP contribution in [-0.4, -0.2) is 26.3 Å². The number of nitrogens with one attached hydrogen (secondary N) is 2. The quantitative estimate of drug-likeness (QED) is 0.595. The molecule has 1 amide bonds. The Morgan fingerprint density at radius 1 is 1.38 bits per heavy atom. The van der Waals surface area contributed by atoms with Gasteiger partial charge >= 0.3 is 0 Å². The Morgan fingerprint density at radius 2 is 2.21 bits per heavy atom. The highest BCUT2D eigenvalue weighted by atomic mass is 35.5. The number of benzene rings is 1. The average Bonchev–Trinajstić information content (AvgIpc) is 3.21. The SMILES string of the molecule is CC(Sc1n[nH]c(-c2cccs2)n1)C(=O)Nc1cc(Cl)ccc1Cl. The van der Waals surface area contributed by atoms with Gasteiger partial charge < -0.3 is 5.32 Å². The molecule has 1 aromatic carbocycles. The summed E-state index contributed by atoms with van der Waals surface area (Å²) >= 11 is 14.8. The maximum absolute atomic E-state index is 12.3. The van der Waals surface area contributed by atoms with Gasteiger partial charge in [0.2, 0.25) is 11.1 Å². The number of hydrogen-bond acceptors (Lipinski definition) is 5. The lowest BCUT2D eigenvalue weighted by Crippen LogP contribution is -2.22. The number of H-pyrrole nitrogens is 1. The van der Waals surface area contributed by atoms with E-state index in [0.717, 1.165) is 4.88 Å². The molecule has 3 rings (SSSR count). The highest BCUT2D eigenvalue weighted by molar-refractivity contribution is 8.00. The second-order valence-corrected chi connectivity index (χ2v) is 7.92. The Hall–Kier alpha value is -1.54. The Labute approximate surface area is 156 Å². The van der Waals surface area contributed by atoms with Crippen LogP contribution in [0.25, 0.3) is 10.7 Å². The minimum Gasteiger partial charge on any atom is -0.324 e. The second kappa shape index (κ2) is 7.57. The number of amides is 1. The predicted molar refractivity (Wildman–Crippen MR) is 100 cm³/mol. The lowest BCUT2D eigenvalue weighted by molar-refractivity contribution is -0.115.